The van der Waals surface area contributed by atoms with Crippen LogP contribution in [0.1, 0.15) is 137 Å². The fourth-order valence-corrected chi connectivity index (χ4v) is 7.13. The maximum Gasteiger partial charge on any atom is 0.338 e. The zero-order valence-corrected chi connectivity index (χ0v) is 36.4. The highest BCUT2D eigenvalue weighted by Gasteiger charge is 2.52. The Hall–Kier alpha value is -4.85. The molecule has 4 unspecified atom stereocenters. The Bertz CT molecular complexity index is 1820. The van der Waals surface area contributed by atoms with E-state index in [1.54, 1.807) is 95.5 Å². The first-order valence-corrected chi connectivity index (χ1v) is 21.3. The van der Waals surface area contributed by atoms with E-state index in [1.807, 2.05) is 0 Å². The minimum Gasteiger partial charge on any atom is -0.460 e. The molecule has 0 saturated carbocycles. The van der Waals surface area contributed by atoms with Gasteiger partial charge in [-0.2, -0.15) is 0 Å². The van der Waals surface area contributed by atoms with Gasteiger partial charge in [0.05, 0.1) is 18.2 Å². The van der Waals surface area contributed by atoms with Gasteiger partial charge in [0.2, 0.25) is 11.8 Å². The van der Waals surface area contributed by atoms with Crippen molar-refractivity contribution in [2.75, 3.05) is 20.7 Å². The molecule has 1 aliphatic carbocycles. The van der Waals surface area contributed by atoms with Crippen molar-refractivity contribution in [1.29, 1.82) is 0 Å². The minimum atomic E-state index is -0.865. The van der Waals surface area contributed by atoms with Crippen LogP contribution in [0, 0.1) is 0 Å². The minimum absolute atomic E-state index is 0.0364. The van der Waals surface area contributed by atoms with Gasteiger partial charge in [0.25, 0.3) is 5.91 Å². The summed E-state index contributed by atoms with van der Waals surface area (Å²) in [5.74, 6) is -2.80. The van der Waals surface area contributed by atoms with Gasteiger partial charge in [-0.05, 0) is 87.6 Å². The number of hydrogen-bond acceptors (Lipinski definition) is 10. The van der Waals surface area contributed by atoms with Gasteiger partial charge in [0.1, 0.15) is 23.9 Å². The monoisotopic (exact) mass is 831 g/mol. The molecule has 1 aliphatic heterocycles. The number of benzene rings is 2. The summed E-state index contributed by atoms with van der Waals surface area (Å²) in [6, 6.07) is 12.9. The van der Waals surface area contributed by atoms with E-state index in [9.17, 15) is 29.1 Å². The van der Waals surface area contributed by atoms with Gasteiger partial charge in [-0.25, -0.2) is 4.79 Å². The molecule has 328 valence electrons. The average Bonchev–Trinajstić information content (AvgIpc) is 3.58. The molecule has 3 N–H and O–H groups in total. The molecule has 2 aliphatic rings. The van der Waals surface area contributed by atoms with Gasteiger partial charge in [0, 0.05) is 63.5 Å². The van der Waals surface area contributed by atoms with Crippen molar-refractivity contribution in [3.05, 3.63) is 88.5 Å². The second-order valence-electron chi connectivity index (χ2n) is 16.9. The third-order valence-electron chi connectivity index (χ3n) is 10.4. The number of carbonyl (C=O) groups excluding carboxylic acids is 5. The van der Waals surface area contributed by atoms with E-state index in [0.717, 1.165) is 44.1 Å². The normalized spacial score (nSPS) is 18.9. The van der Waals surface area contributed by atoms with Gasteiger partial charge >= 0.3 is 11.9 Å². The van der Waals surface area contributed by atoms with Crippen LogP contribution in [0.3, 0.4) is 0 Å². The molecule has 1 fully saturated rings. The average molecular weight is 832 g/mol. The molecule has 13 heteroatoms. The lowest BCUT2D eigenvalue weighted by molar-refractivity contribution is -0.190. The van der Waals surface area contributed by atoms with Crippen molar-refractivity contribution < 1.29 is 48.0 Å². The Labute approximate surface area is 355 Å². The Morgan fingerprint density at radius 1 is 0.933 bits per heavy atom. The van der Waals surface area contributed by atoms with Crippen molar-refractivity contribution in [2.45, 2.75) is 148 Å². The second kappa shape index (κ2) is 22.7. The summed E-state index contributed by atoms with van der Waals surface area (Å²) in [5, 5.41) is 15.6. The van der Waals surface area contributed by atoms with Crippen LogP contribution in [0.2, 0.25) is 0 Å². The molecule has 0 radical (unpaired) electrons. The number of carbonyl (C=O) groups is 5. The lowest BCUT2D eigenvalue weighted by atomic mass is 9.91. The lowest BCUT2D eigenvalue weighted by Gasteiger charge is -2.31. The number of fused-ring (bicyclic) bond motifs is 1. The predicted molar refractivity (Wildman–Crippen MR) is 229 cm³/mol. The van der Waals surface area contributed by atoms with Gasteiger partial charge in [0.15, 0.2) is 5.79 Å². The van der Waals surface area contributed by atoms with Crippen LogP contribution in [0.4, 0.5) is 0 Å². The number of nitrogens with one attached hydrogen (secondary N) is 2. The van der Waals surface area contributed by atoms with Gasteiger partial charge < -0.3 is 39.6 Å². The summed E-state index contributed by atoms with van der Waals surface area (Å²) in [6.45, 7) is 9.36. The fraction of sp³-hybridized carbons (Fsp3) is 0.553. The molecule has 1 heterocycles. The standard InChI is InChI=1S/C47H65N3O10/c1-8-10-12-25-47(26-13-11-9-2)58-39-29-36(28-38(42(39)60-47)57-45(56)34-20-17-32(18-21-34)19-23-40(52)50(6)7)43(54)48-30-33-15-14-16-35(27-33)44(55)49-37(31-51)22-24-41(53)59-46(3,4)5/h14-21,23,27,29,37-39,42,51H,8-13,22,24-26,28,30-31H2,1-7H3,(H,48,54)(H,49,55). The third-order valence-corrected chi connectivity index (χ3v) is 10.4. The Morgan fingerprint density at radius 2 is 1.62 bits per heavy atom. The Kier molecular flexibility index (Phi) is 18.1. The molecule has 60 heavy (non-hydrogen) atoms. The number of aliphatic hydroxyl groups is 1. The number of nitrogens with zero attached hydrogens (tertiary/aromatic N) is 1. The van der Waals surface area contributed by atoms with Gasteiger partial charge in [-0.3, -0.25) is 19.2 Å². The van der Waals surface area contributed by atoms with Crippen molar-refractivity contribution >= 4 is 35.7 Å². The van der Waals surface area contributed by atoms with Crippen molar-refractivity contribution in [1.82, 2.24) is 15.5 Å². The van der Waals surface area contributed by atoms with E-state index in [0.29, 0.717) is 35.1 Å². The highest BCUT2D eigenvalue weighted by molar-refractivity contribution is 5.96. The molecule has 1 saturated heterocycles. The number of ether oxygens (including phenoxy) is 4. The van der Waals surface area contributed by atoms with Crippen LogP contribution in [0.5, 0.6) is 0 Å². The van der Waals surface area contributed by atoms with E-state index >= 15 is 0 Å². The smallest absolute Gasteiger partial charge is 0.338 e. The first-order valence-electron chi connectivity index (χ1n) is 21.3. The topological polar surface area (TPSA) is 170 Å². The van der Waals surface area contributed by atoms with Crippen LogP contribution in [0.25, 0.3) is 6.08 Å². The van der Waals surface area contributed by atoms with Crippen LogP contribution < -0.4 is 10.6 Å². The Balaban J connectivity index is 1.48. The quantitative estimate of drug-likeness (QED) is 0.0690. The molecule has 0 aromatic heterocycles. The van der Waals surface area contributed by atoms with E-state index in [2.05, 4.69) is 24.5 Å². The summed E-state index contributed by atoms with van der Waals surface area (Å²) in [4.78, 5) is 66.3. The summed E-state index contributed by atoms with van der Waals surface area (Å²) in [6.07, 6.45) is 10.5. The SMILES string of the molecule is CCCCCC1(CCCCC)OC2C=C(C(=O)NCc3cccc(C(=O)NC(CO)CCC(=O)OC(C)(C)C)c3)CC(OC(=O)c3ccc(C=CC(=O)N(C)C)cc3)C2O1. The number of esters is 2. The molecule has 0 bridgehead atoms. The molecule has 13 nitrogen and oxygen atoms in total. The zero-order valence-electron chi connectivity index (χ0n) is 36.4. The number of likely N-dealkylation sites (N-methyl/N-ethyl adjacent to an activating group) is 1. The summed E-state index contributed by atoms with van der Waals surface area (Å²) in [7, 11) is 3.34. The highest BCUT2D eigenvalue weighted by Crippen LogP contribution is 2.43. The number of aliphatic hydroxyl groups excluding tert-OH is 1. The highest BCUT2D eigenvalue weighted by atomic mass is 16.8. The van der Waals surface area contributed by atoms with E-state index in [4.69, 9.17) is 18.9 Å². The molecule has 2 aromatic carbocycles. The molecular weight excluding hydrogens is 767 g/mol. The maximum atomic E-state index is 13.9. The lowest BCUT2D eigenvalue weighted by Crippen LogP contribution is -2.43. The van der Waals surface area contributed by atoms with Crippen molar-refractivity contribution in [3.63, 3.8) is 0 Å². The number of rotatable bonds is 21. The maximum absolute atomic E-state index is 13.9. The zero-order chi connectivity index (χ0) is 43.9. The van der Waals surface area contributed by atoms with Crippen molar-refractivity contribution in [2.24, 2.45) is 0 Å². The van der Waals surface area contributed by atoms with Crippen LogP contribution in [0.15, 0.2) is 66.3 Å². The van der Waals surface area contributed by atoms with Gasteiger partial charge in [-0.1, -0.05) is 63.8 Å². The molecular formula is C47H65N3O10. The van der Waals surface area contributed by atoms with E-state index in [1.165, 1.54) is 11.0 Å². The first kappa shape index (κ1) is 47.8. The summed E-state index contributed by atoms with van der Waals surface area (Å²) >= 11 is 0. The number of unbranched alkanes of at least 4 members (excludes halogenated alkanes) is 4. The van der Waals surface area contributed by atoms with E-state index in [-0.39, 0.29) is 44.2 Å². The molecule has 3 amide bonds. The van der Waals surface area contributed by atoms with Crippen molar-refractivity contribution in [3.8, 4) is 0 Å². The van der Waals surface area contributed by atoms with Crippen LogP contribution in [-0.2, 0) is 39.9 Å². The largest absolute Gasteiger partial charge is 0.460 e. The van der Waals surface area contributed by atoms with Crippen LogP contribution >= 0.6 is 0 Å². The second-order valence-corrected chi connectivity index (χ2v) is 16.9. The van der Waals surface area contributed by atoms with E-state index < -0.39 is 53.6 Å². The Morgan fingerprint density at radius 3 is 2.23 bits per heavy atom. The molecule has 2 aromatic rings. The third kappa shape index (κ3) is 14.7. The predicted octanol–water partition coefficient (Wildman–Crippen LogP) is 6.81. The van der Waals surface area contributed by atoms with Crippen LogP contribution in [-0.4, -0.2) is 96.1 Å². The molecule has 4 atom stereocenters. The number of hydrogen-bond donors (Lipinski definition) is 3. The molecule has 4 rings (SSSR count). The molecule has 0 spiro atoms. The number of amides is 3. The summed E-state index contributed by atoms with van der Waals surface area (Å²) in [5.41, 5.74) is 1.81. The summed E-state index contributed by atoms with van der Waals surface area (Å²) < 4.78 is 25.0. The first-order chi connectivity index (χ1) is 28.5. The fourth-order valence-electron chi connectivity index (χ4n) is 7.13. The van der Waals surface area contributed by atoms with Gasteiger partial charge in [-0.15, -0.1) is 0 Å².